The topological polar surface area (TPSA) is 26.3 Å². The molecule has 0 radical (unpaired) electrons. The Bertz CT molecular complexity index is 202. The number of carbonyl (C=O) groups excluding carboxylic acids is 1. The Morgan fingerprint density at radius 1 is 1.67 bits per heavy atom. The quantitative estimate of drug-likeness (QED) is 0.590. The molecule has 70 valence electrons. The van der Waals surface area contributed by atoms with Gasteiger partial charge in [0.1, 0.15) is 0 Å². The van der Waals surface area contributed by atoms with Gasteiger partial charge in [-0.2, -0.15) is 8.78 Å². The van der Waals surface area contributed by atoms with E-state index in [0.717, 1.165) is 7.11 Å². The highest BCUT2D eigenvalue weighted by atomic mass is 127. The number of halogens is 3. The Morgan fingerprint density at radius 3 is 2.50 bits per heavy atom. The Kier molecular flexibility index (Phi) is 4.66. The van der Waals surface area contributed by atoms with Crippen molar-refractivity contribution in [2.24, 2.45) is 0 Å². The number of hydrogen-bond acceptors (Lipinski definition) is 2. The third-order valence-corrected chi connectivity index (χ3v) is 2.21. The molecule has 0 fully saturated rings. The van der Waals surface area contributed by atoms with Crippen LogP contribution < -0.4 is 0 Å². The van der Waals surface area contributed by atoms with Gasteiger partial charge >= 0.3 is 11.9 Å². The maximum absolute atomic E-state index is 12.7. The maximum Gasteiger partial charge on any atom is 0.381 e. The fraction of sp³-hybridized carbons (Fsp3) is 0.571. The smallest absolute Gasteiger partial charge is 0.381 e. The Morgan fingerprint density at radius 2 is 2.17 bits per heavy atom. The van der Waals surface area contributed by atoms with Crippen LogP contribution >= 0.6 is 22.6 Å². The average molecular weight is 290 g/mol. The van der Waals surface area contributed by atoms with Crippen LogP contribution in [0.1, 0.15) is 13.3 Å². The van der Waals surface area contributed by atoms with Crippen molar-refractivity contribution in [1.29, 1.82) is 0 Å². The molecule has 0 bridgehead atoms. The van der Waals surface area contributed by atoms with E-state index < -0.39 is 11.9 Å². The molecule has 0 aromatic heterocycles. The number of carbonyl (C=O) groups is 1. The van der Waals surface area contributed by atoms with Crippen LogP contribution in [0.4, 0.5) is 8.78 Å². The monoisotopic (exact) mass is 290 g/mol. The number of hydrogen-bond donors (Lipinski definition) is 0. The molecule has 5 heteroatoms. The first-order valence-corrected chi connectivity index (χ1v) is 4.35. The number of methoxy groups -OCH3 is 1. The minimum absolute atomic E-state index is 0.433. The molecule has 0 aliphatic carbocycles. The Balaban J connectivity index is 4.51. The van der Waals surface area contributed by atoms with Crippen molar-refractivity contribution >= 4 is 28.6 Å². The van der Waals surface area contributed by atoms with Crippen molar-refractivity contribution in [3.63, 3.8) is 0 Å². The van der Waals surface area contributed by atoms with E-state index in [2.05, 4.69) is 4.74 Å². The number of allylic oxidation sites excluding steroid dienone is 1. The Labute approximate surface area is 83.1 Å². The molecule has 0 saturated heterocycles. The van der Waals surface area contributed by atoms with Crippen molar-refractivity contribution < 1.29 is 18.3 Å². The number of esters is 1. The number of ether oxygens (including phenoxy) is 1. The average Bonchev–Trinajstić information content (AvgIpc) is 2.02. The highest BCUT2D eigenvalue weighted by Crippen LogP contribution is 2.23. The van der Waals surface area contributed by atoms with Crippen LogP contribution in [-0.2, 0) is 9.53 Å². The van der Waals surface area contributed by atoms with E-state index in [1.165, 1.54) is 0 Å². The standard InChI is InChI=1S/C7H9F2IO2/c1-3-5(10)4-7(8,9)6(11)12-2/h4H,3H2,1-2H3. The maximum atomic E-state index is 12.7. The van der Waals surface area contributed by atoms with Crippen LogP contribution in [0.25, 0.3) is 0 Å². The lowest BCUT2D eigenvalue weighted by Gasteiger charge is -2.08. The number of rotatable bonds is 3. The van der Waals surface area contributed by atoms with E-state index in [-0.39, 0.29) is 0 Å². The molecule has 0 aromatic carbocycles. The van der Waals surface area contributed by atoms with E-state index in [1.807, 2.05) is 0 Å². The van der Waals surface area contributed by atoms with E-state index >= 15 is 0 Å². The molecular weight excluding hydrogens is 281 g/mol. The summed E-state index contributed by atoms with van der Waals surface area (Å²) in [4.78, 5) is 10.5. The fourth-order valence-electron chi connectivity index (χ4n) is 0.494. The lowest BCUT2D eigenvalue weighted by molar-refractivity contribution is -0.161. The second-order valence-electron chi connectivity index (χ2n) is 2.06. The van der Waals surface area contributed by atoms with Gasteiger partial charge in [0.25, 0.3) is 0 Å². The first kappa shape index (κ1) is 11.8. The molecule has 0 rings (SSSR count). The molecule has 0 aliphatic heterocycles. The van der Waals surface area contributed by atoms with E-state index in [0.29, 0.717) is 16.1 Å². The predicted octanol–water partition coefficient (Wildman–Crippen LogP) is 2.52. The molecule has 12 heavy (non-hydrogen) atoms. The highest BCUT2D eigenvalue weighted by Gasteiger charge is 2.37. The molecule has 0 spiro atoms. The van der Waals surface area contributed by atoms with Crippen LogP contribution in [0.5, 0.6) is 0 Å². The van der Waals surface area contributed by atoms with Gasteiger partial charge in [-0.1, -0.05) is 6.92 Å². The number of alkyl halides is 2. The van der Waals surface area contributed by atoms with Crippen LogP contribution in [0.2, 0.25) is 0 Å². The van der Waals surface area contributed by atoms with E-state index in [1.54, 1.807) is 29.5 Å². The zero-order chi connectivity index (χ0) is 9.78. The molecule has 0 heterocycles. The minimum atomic E-state index is -3.50. The van der Waals surface area contributed by atoms with Gasteiger partial charge in [0.15, 0.2) is 0 Å². The van der Waals surface area contributed by atoms with Gasteiger partial charge in [-0.05, 0) is 32.6 Å². The van der Waals surface area contributed by atoms with Crippen molar-refractivity contribution in [1.82, 2.24) is 0 Å². The lowest BCUT2D eigenvalue weighted by Crippen LogP contribution is -2.27. The summed E-state index contributed by atoms with van der Waals surface area (Å²) in [5, 5.41) is 0. The van der Waals surface area contributed by atoms with Crippen LogP contribution in [-0.4, -0.2) is 19.0 Å². The summed E-state index contributed by atoms with van der Waals surface area (Å²) in [7, 11) is 0.933. The van der Waals surface area contributed by atoms with Gasteiger partial charge < -0.3 is 4.74 Å². The SMILES string of the molecule is CCC(I)=CC(F)(F)C(=O)OC. The molecule has 0 atom stereocenters. The largest absolute Gasteiger partial charge is 0.464 e. The summed E-state index contributed by atoms with van der Waals surface area (Å²) < 4.78 is 29.8. The van der Waals surface area contributed by atoms with Crippen molar-refractivity contribution in [3.8, 4) is 0 Å². The molecule has 0 N–H and O–H groups in total. The van der Waals surface area contributed by atoms with Gasteiger partial charge in [0.2, 0.25) is 0 Å². The molecule has 0 aliphatic rings. The second kappa shape index (κ2) is 4.74. The molecule has 2 nitrogen and oxygen atoms in total. The van der Waals surface area contributed by atoms with Crippen molar-refractivity contribution in [2.45, 2.75) is 19.3 Å². The highest BCUT2D eigenvalue weighted by molar-refractivity contribution is 14.1. The predicted molar refractivity (Wildman–Crippen MR) is 49.4 cm³/mol. The van der Waals surface area contributed by atoms with Gasteiger partial charge in [-0.3, -0.25) is 0 Å². The van der Waals surface area contributed by atoms with Crippen LogP contribution in [0.15, 0.2) is 9.66 Å². The summed E-state index contributed by atoms with van der Waals surface area (Å²) in [6.07, 6.45) is 1.09. The molecule has 0 saturated carbocycles. The zero-order valence-electron chi connectivity index (χ0n) is 6.73. The molecule has 0 aromatic rings. The van der Waals surface area contributed by atoms with Gasteiger partial charge in [0.05, 0.1) is 7.11 Å². The first-order chi connectivity index (χ1) is 5.44. The first-order valence-electron chi connectivity index (χ1n) is 3.27. The van der Waals surface area contributed by atoms with Crippen molar-refractivity contribution in [3.05, 3.63) is 9.66 Å². The summed E-state index contributed by atoms with van der Waals surface area (Å²) in [6, 6.07) is 0. The summed E-state index contributed by atoms with van der Waals surface area (Å²) >= 11 is 1.75. The van der Waals surface area contributed by atoms with Gasteiger partial charge in [-0.25, -0.2) is 4.79 Å². The summed E-state index contributed by atoms with van der Waals surface area (Å²) in [6.45, 7) is 1.73. The van der Waals surface area contributed by atoms with E-state index in [4.69, 9.17) is 0 Å². The van der Waals surface area contributed by atoms with Crippen LogP contribution in [0.3, 0.4) is 0 Å². The lowest BCUT2D eigenvalue weighted by atomic mass is 10.3. The van der Waals surface area contributed by atoms with E-state index in [9.17, 15) is 13.6 Å². The minimum Gasteiger partial charge on any atom is -0.464 e. The van der Waals surface area contributed by atoms with Crippen LogP contribution in [0, 0.1) is 0 Å². The zero-order valence-corrected chi connectivity index (χ0v) is 8.89. The Hall–Kier alpha value is -0.200. The normalized spacial score (nSPS) is 12.9. The summed E-state index contributed by atoms with van der Waals surface area (Å²) in [5.74, 6) is -5.02. The third-order valence-electron chi connectivity index (χ3n) is 1.13. The van der Waals surface area contributed by atoms with Gasteiger partial charge in [-0.15, -0.1) is 0 Å². The molecule has 0 unspecified atom stereocenters. The fourth-order valence-corrected chi connectivity index (χ4v) is 0.885. The molecular formula is C7H9F2IO2. The third kappa shape index (κ3) is 3.46. The van der Waals surface area contributed by atoms with Gasteiger partial charge in [0, 0.05) is 6.08 Å². The second-order valence-corrected chi connectivity index (χ2v) is 3.44. The molecule has 0 amide bonds. The summed E-state index contributed by atoms with van der Waals surface area (Å²) in [5.41, 5.74) is 0. The van der Waals surface area contributed by atoms with Crippen molar-refractivity contribution in [2.75, 3.05) is 7.11 Å².